The van der Waals surface area contributed by atoms with Gasteiger partial charge in [0.1, 0.15) is 5.57 Å². The van der Waals surface area contributed by atoms with Crippen molar-refractivity contribution in [1.29, 1.82) is 0 Å². The monoisotopic (exact) mass is 312 g/mol. The van der Waals surface area contributed by atoms with Gasteiger partial charge in [-0.05, 0) is 23.8 Å². The summed E-state index contributed by atoms with van der Waals surface area (Å²) in [5.74, 6) is -1.33. The molecule has 0 spiro atoms. The van der Waals surface area contributed by atoms with Crippen molar-refractivity contribution >= 4 is 47.1 Å². The van der Waals surface area contributed by atoms with Crippen LogP contribution >= 0.6 is 23.2 Å². The van der Waals surface area contributed by atoms with Gasteiger partial charge in [0.25, 0.3) is 11.8 Å². The van der Waals surface area contributed by atoms with Crippen molar-refractivity contribution in [3.05, 3.63) is 39.4 Å². The smallest absolute Gasteiger partial charge is 0.268 e. The molecule has 20 heavy (non-hydrogen) atoms. The first-order chi connectivity index (χ1) is 9.32. The standard InChI is InChI=1S/C13H10Cl2N2O3/c1-16-11(18)9(12(19)17(2)13(16)20)5-7-3-4-8(14)6-10(7)15/h3-6H,1-2H3. The number of barbiturate groups is 1. The van der Waals surface area contributed by atoms with Gasteiger partial charge in [-0.15, -0.1) is 0 Å². The fourth-order valence-corrected chi connectivity index (χ4v) is 2.21. The fraction of sp³-hybridized carbons (Fsp3) is 0.154. The van der Waals surface area contributed by atoms with Crippen LogP contribution in [0.3, 0.4) is 0 Å². The molecule has 2 rings (SSSR count). The number of imide groups is 2. The summed E-state index contributed by atoms with van der Waals surface area (Å²) in [5.41, 5.74) is 0.350. The van der Waals surface area contributed by atoms with Gasteiger partial charge in [0, 0.05) is 24.1 Å². The number of carbonyl (C=O) groups is 3. The van der Waals surface area contributed by atoms with E-state index in [1.807, 2.05) is 0 Å². The van der Waals surface area contributed by atoms with Crippen LogP contribution in [0.15, 0.2) is 23.8 Å². The molecule has 5 nitrogen and oxygen atoms in total. The molecular weight excluding hydrogens is 303 g/mol. The summed E-state index contributed by atoms with van der Waals surface area (Å²) in [6.07, 6.45) is 1.35. The zero-order valence-electron chi connectivity index (χ0n) is 10.7. The molecule has 0 radical (unpaired) electrons. The molecule has 0 unspecified atom stereocenters. The normalized spacial score (nSPS) is 16.0. The summed E-state index contributed by atoms with van der Waals surface area (Å²) in [6.45, 7) is 0. The molecule has 0 bridgehead atoms. The van der Waals surface area contributed by atoms with Crippen LogP contribution in [0.4, 0.5) is 4.79 Å². The third-order valence-corrected chi connectivity index (χ3v) is 3.47. The first-order valence-electron chi connectivity index (χ1n) is 5.59. The average molecular weight is 313 g/mol. The summed E-state index contributed by atoms with van der Waals surface area (Å²) < 4.78 is 0. The number of likely N-dealkylation sites (N-methyl/N-ethyl adjacent to an activating group) is 2. The molecule has 0 aromatic heterocycles. The van der Waals surface area contributed by atoms with Gasteiger partial charge in [0.05, 0.1) is 0 Å². The quantitative estimate of drug-likeness (QED) is 0.591. The highest BCUT2D eigenvalue weighted by atomic mass is 35.5. The minimum Gasteiger partial charge on any atom is -0.268 e. The topological polar surface area (TPSA) is 57.7 Å². The van der Waals surface area contributed by atoms with E-state index >= 15 is 0 Å². The maximum atomic E-state index is 12.0. The number of nitrogens with zero attached hydrogens (tertiary/aromatic N) is 2. The molecule has 4 amide bonds. The first-order valence-corrected chi connectivity index (χ1v) is 6.35. The fourth-order valence-electron chi connectivity index (χ4n) is 1.75. The number of hydrogen-bond acceptors (Lipinski definition) is 3. The maximum absolute atomic E-state index is 12.0. The highest BCUT2D eigenvalue weighted by Gasteiger charge is 2.37. The molecule has 1 heterocycles. The number of amides is 4. The third kappa shape index (κ3) is 2.42. The van der Waals surface area contributed by atoms with E-state index in [0.717, 1.165) is 9.80 Å². The van der Waals surface area contributed by atoms with E-state index < -0.39 is 17.8 Å². The zero-order chi connectivity index (χ0) is 15.0. The number of carbonyl (C=O) groups excluding carboxylic acids is 3. The molecule has 7 heteroatoms. The van der Waals surface area contributed by atoms with Gasteiger partial charge >= 0.3 is 6.03 Å². The molecule has 1 aromatic carbocycles. The largest absolute Gasteiger partial charge is 0.333 e. The number of benzene rings is 1. The number of urea groups is 1. The van der Waals surface area contributed by atoms with Crippen LogP contribution in [0, 0.1) is 0 Å². The molecule has 0 N–H and O–H groups in total. The minimum absolute atomic E-state index is 0.126. The molecule has 1 aliphatic rings. The number of halogens is 2. The summed E-state index contributed by atoms with van der Waals surface area (Å²) in [4.78, 5) is 37.3. The molecule has 0 atom stereocenters. The van der Waals surface area contributed by atoms with Crippen LogP contribution in [0.5, 0.6) is 0 Å². The van der Waals surface area contributed by atoms with E-state index in [0.29, 0.717) is 15.6 Å². The lowest BCUT2D eigenvalue weighted by Crippen LogP contribution is -2.52. The Morgan fingerprint density at radius 3 is 2.05 bits per heavy atom. The zero-order valence-corrected chi connectivity index (χ0v) is 12.2. The SMILES string of the molecule is CN1C(=O)C(=Cc2ccc(Cl)cc2Cl)C(=O)N(C)C1=O. The van der Waals surface area contributed by atoms with E-state index in [1.54, 1.807) is 12.1 Å². The van der Waals surface area contributed by atoms with Crippen LogP contribution in [-0.4, -0.2) is 41.7 Å². The van der Waals surface area contributed by atoms with Crippen molar-refractivity contribution in [3.8, 4) is 0 Å². The first kappa shape index (κ1) is 14.6. The van der Waals surface area contributed by atoms with Crippen LogP contribution < -0.4 is 0 Å². The van der Waals surface area contributed by atoms with Crippen molar-refractivity contribution in [3.63, 3.8) is 0 Å². The molecule has 0 aliphatic carbocycles. The lowest BCUT2D eigenvalue weighted by Gasteiger charge is -2.28. The molecule has 1 aliphatic heterocycles. The van der Waals surface area contributed by atoms with Crippen molar-refractivity contribution < 1.29 is 14.4 Å². The van der Waals surface area contributed by atoms with Crippen LogP contribution in [0.2, 0.25) is 10.0 Å². The van der Waals surface area contributed by atoms with Crippen LogP contribution in [-0.2, 0) is 9.59 Å². The maximum Gasteiger partial charge on any atom is 0.333 e. The Kier molecular flexibility index (Phi) is 3.83. The molecule has 1 aromatic rings. The predicted molar refractivity (Wildman–Crippen MR) is 75.4 cm³/mol. The summed E-state index contributed by atoms with van der Waals surface area (Å²) in [5, 5.41) is 0.760. The predicted octanol–water partition coefficient (Wildman–Crippen LogP) is 2.43. The number of hydrogen-bond donors (Lipinski definition) is 0. The molecule has 1 fully saturated rings. The Labute approximate surface area is 125 Å². The van der Waals surface area contributed by atoms with Crippen molar-refractivity contribution in [1.82, 2.24) is 9.80 Å². The molecule has 1 saturated heterocycles. The van der Waals surface area contributed by atoms with E-state index in [9.17, 15) is 14.4 Å². The molecule has 104 valence electrons. The Morgan fingerprint density at radius 1 is 1.00 bits per heavy atom. The second kappa shape index (κ2) is 5.26. The Balaban J connectivity index is 2.49. The molecule has 0 saturated carbocycles. The van der Waals surface area contributed by atoms with Gasteiger partial charge in [0.15, 0.2) is 0 Å². The lowest BCUT2D eigenvalue weighted by molar-refractivity contribution is -0.134. The third-order valence-electron chi connectivity index (χ3n) is 2.91. The van der Waals surface area contributed by atoms with Crippen molar-refractivity contribution in [2.24, 2.45) is 0 Å². The Morgan fingerprint density at radius 2 is 1.55 bits per heavy atom. The second-order valence-corrected chi connectivity index (χ2v) is 5.08. The van der Waals surface area contributed by atoms with Gasteiger partial charge in [-0.3, -0.25) is 19.4 Å². The van der Waals surface area contributed by atoms with E-state index in [-0.39, 0.29) is 5.57 Å². The van der Waals surface area contributed by atoms with Gasteiger partial charge in [-0.25, -0.2) is 4.79 Å². The van der Waals surface area contributed by atoms with Gasteiger partial charge in [0.2, 0.25) is 0 Å². The minimum atomic E-state index is -0.667. The van der Waals surface area contributed by atoms with Gasteiger partial charge < -0.3 is 0 Å². The Bertz CT molecular complexity index is 629. The van der Waals surface area contributed by atoms with Crippen LogP contribution in [0.1, 0.15) is 5.56 Å². The summed E-state index contributed by atoms with van der Waals surface area (Å²) in [7, 11) is 2.62. The average Bonchev–Trinajstić information content (AvgIpc) is 2.41. The van der Waals surface area contributed by atoms with Gasteiger partial charge in [-0.2, -0.15) is 0 Å². The second-order valence-electron chi connectivity index (χ2n) is 4.23. The van der Waals surface area contributed by atoms with Crippen LogP contribution in [0.25, 0.3) is 6.08 Å². The summed E-state index contributed by atoms with van der Waals surface area (Å²) in [6, 6.07) is 4.02. The van der Waals surface area contributed by atoms with E-state index in [1.165, 1.54) is 26.2 Å². The molecular formula is C13H10Cl2N2O3. The Hall–Kier alpha value is -1.85. The van der Waals surface area contributed by atoms with Gasteiger partial charge in [-0.1, -0.05) is 29.3 Å². The van der Waals surface area contributed by atoms with E-state index in [2.05, 4.69) is 0 Å². The highest BCUT2D eigenvalue weighted by molar-refractivity contribution is 6.36. The number of rotatable bonds is 1. The van der Waals surface area contributed by atoms with Crippen molar-refractivity contribution in [2.45, 2.75) is 0 Å². The van der Waals surface area contributed by atoms with E-state index in [4.69, 9.17) is 23.2 Å². The lowest BCUT2D eigenvalue weighted by atomic mass is 10.1. The highest BCUT2D eigenvalue weighted by Crippen LogP contribution is 2.25. The summed E-state index contributed by atoms with van der Waals surface area (Å²) >= 11 is 11.8. The van der Waals surface area contributed by atoms with Crippen molar-refractivity contribution in [2.75, 3.05) is 14.1 Å².